The van der Waals surface area contributed by atoms with Crippen LogP contribution in [0.15, 0.2) is 60.9 Å². The van der Waals surface area contributed by atoms with Crippen molar-refractivity contribution < 1.29 is 27.1 Å². The SMILES string of the molecule is O=C(Nc1ccc2[nH]nc(-c3ccncc3)c2c1)C1CN(Cc2cccc(C(F)(F)F)c2F)CCO1. The Balaban J connectivity index is 1.28. The number of hydrogen-bond donors (Lipinski definition) is 2. The van der Waals surface area contributed by atoms with E-state index in [9.17, 15) is 22.4 Å². The highest BCUT2D eigenvalue weighted by molar-refractivity contribution is 5.99. The number of aromatic nitrogens is 3. The Bertz CT molecular complexity index is 1390. The van der Waals surface area contributed by atoms with Gasteiger partial charge >= 0.3 is 6.18 Å². The molecule has 1 aliphatic rings. The normalized spacial score (nSPS) is 16.8. The molecule has 0 aliphatic carbocycles. The van der Waals surface area contributed by atoms with Crippen molar-refractivity contribution >= 4 is 22.5 Å². The van der Waals surface area contributed by atoms with E-state index in [1.54, 1.807) is 35.5 Å². The second-order valence-corrected chi connectivity index (χ2v) is 8.43. The molecule has 36 heavy (non-hydrogen) atoms. The summed E-state index contributed by atoms with van der Waals surface area (Å²) >= 11 is 0. The molecule has 186 valence electrons. The predicted molar refractivity (Wildman–Crippen MR) is 124 cm³/mol. The van der Waals surface area contributed by atoms with Crippen LogP contribution in [0.1, 0.15) is 11.1 Å². The number of halogens is 4. The minimum atomic E-state index is -4.78. The van der Waals surface area contributed by atoms with E-state index in [0.717, 1.165) is 16.5 Å². The number of nitrogens with zero attached hydrogens (tertiary/aromatic N) is 3. The molecule has 1 atom stereocenters. The number of fused-ring (bicyclic) bond motifs is 1. The highest BCUT2D eigenvalue weighted by atomic mass is 19.4. The largest absolute Gasteiger partial charge is 0.419 e. The molecule has 0 radical (unpaired) electrons. The molecule has 1 saturated heterocycles. The van der Waals surface area contributed by atoms with E-state index in [-0.39, 0.29) is 25.3 Å². The molecule has 0 bridgehead atoms. The number of carbonyl (C=O) groups is 1. The average molecular weight is 499 g/mol. The molecule has 1 amide bonds. The van der Waals surface area contributed by atoms with E-state index in [4.69, 9.17) is 4.74 Å². The van der Waals surface area contributed by atoms with Gasteiger partial charge in [0.2, 0.25) is 0 Å². The van der Waals surface area contributed by atoms with Crippen LogP contribution in [-0.2, 0) is 22.3 Å². The van der Waals surface area contributed by atoms with Crippen molar-refractivity contribution in [3.63, 3.8) is 0 Å². The summed E-state index contributed by atoms with van der Waals surface area (Å²) < 4.78 is 59.2. The third kappa shape index (κ3) is 4.93. The van der Waals surface area contributed by atoms with Crippen LogP contribution in [-0.4, -0.2) is 51.8 Å². The van der Waals surface area contributed by atoms with E-state index in [1.807, 2.05) is 12.1 Å². The van der Waals surface area contributed by atoms with Crippen molar-refractivity contribution in [2.75, 3.05) is 25.0 Å². The van der Waals surface area contributed by atoms with Gasteiger partial charge in [-0.3, -0.25) is 19.8 Å². The lowest BCUT2D eigenvalue weighted by Gasteiger charge is -2.32. The van der Waals surface area contributed by atoms with E-state index < -0.39 is 29.6 Å². The van der Waals surface area contributed by atoms with Crippen molar-refractivity contribution in [2.24, 2.45) is 0 Å². The Labute approximate surface area is 203 Å². The number of aromatic amines is 1. The van der Waals surface area contributed by atoms with E-state index in [2.05, 4.69) is 20.5 Å². The first kappa shape index (κ1) is 23.9. The van der Waals surface area contributed by atoms with Crippen LogP contribution < -0.4 is 5.32 Å². The molecule has 2 N–H and O–H groups in total. The topological polar surface area (TPSA) is 83.1 Å². The average Bonchev–Trinajstić information content (AvgIpc) is 3.28. The predicted octanol–water partition coefficient (Wildman–Crippen LogP) is 4.62. The molecule has 0 spiro atoms. The molecule has 5 rings (SSSR count). The van der Waals surface area contributed by atoms with Crippen molar-refractivity contribution in [3.05, 3.63) is 77.9 Å². The molecule has 1 fully saturated rings. The lowest BCUT2D eigenvalue weighted by atomic mass is 10.1. The summed E-state index contributed by atoms with van der Waals surface area (Å²) in [4.78, 5) is 18.6. The Morgan fingerprint density at radius 1 is 1.17 bits per heavy atom. The van der Waals surface area contributed by atoms with Crippen LogP contribution in [0.5, 0.6) is 0 Å². The van der Waals surface area contributed by atoms with Gasteiger partial charge < -0.3 is 10.1 Å². The highest BCUT2D eigenvalue weighted by Crippen LogP contribution is 2.33. The Kier molecular flexibility index (Phi) is 6.42. The van der Waals surface area contributed by atoms with Gasteiger partial charge in [0.1, 0.15) is 17.6 Å². The fraction of sp³-hybridized carbons (Fsp3) is 0.240. The maximum absolute atomic E-state index is 14.5. The quantitative estimate of drug-likeness (QED) is 0.392. The highest BCUT2D eigenvalue weighted by Gasteiger charge is 2.35. The maximum Gasteiger partial charge on any atom is 0.419 e. The number of morpholine rings is 1. The van der Waals surface area contributed by atoms with Crippen LogP contribution in [0.2, 0.25) is 0 Å². The van der Waals surface area contributed by atoms with Gasteiger partial charge in [0.15, 0.2) is 0 Å². The van der Waals surface area contributed by atoms with Gasteiger partial charge in [-0.1, -0.05) is 12.1 Å². The summed E-state index contributed by atoms with van der Waals surface area (Å²) in [6, 6.07) is 12.2. The number of ether oxygens (including phenoxy) is 1. The number of pyridine rings is 1. The fourth-order valence-corrected chi connectivity index (χ4v) is 4.21. The van der Waals surface area contributed by atoms with E-state index in [0.29, 0.717) is 24.0 Å². The number of alkyl halides is 3. The van der Waals surface area contributed by atoms with Gasteiger partial charge in [-0.2, -0.15) is 18.3 Å². The summed E-state index contributed by atoms with van der Waals surface area (Å²) in [5, 5.41) is 11.0. The number of carbonyl (C=O) groups excluding carboxylic acids is 1. The number of nitrogens with one attached hydrogen (secondary N) is 2. The molecule has 1 unspecified atom stereocenters. The monoisotopic (exact) mass is 499 g/mol. The number of benzene rings is 2. The van der Waals surface area contributed by atoms with Gasteiger partial charge in [0.05, 0.1) is 17.7 Å². The summed E-state index contributed by atoms with van der Waals surface area (Å²) in [7, 11) is 0. The zero-order valence-electron chi connectivity index (χ0n) is 18.8. The second kappa shape index (κ2) is 9.67. The number of anilines is 1. The van der Waals surface area contributed by atoms with Crippen LogP contribution in [0.4, 0.5) is 23.2 Å². The third-order valence-corrected chi connectivity index (χ3v) is 6.01. The van der Waals surface area contributed by atoms with Crippen molar-refractivity contribution in [1.82, 2.24) is 20.1 Å². The van der Waals surface area contributed by atoms with E-state index >= 15 is 0 Å². The molecule has 1 aliphatic heterocycles. The van der Waals surface area contributed by atoms with E-state index in [1.165, 1.54) is 12.1 Å². The Morgan fingerprint density at radius 3 is 2.75 bits per heavy atom. The first-order valence-electron chi connectivity index (χ1n) is 11.2. The summed E-state index contributed by atoms with van der Waals surface area (Å²) in [6.07, 6.45) is -2.31. The maximum atomic E-state index is 14.5. The molecular formula is C25H21F4N5O2. The van der Waals surface area contributed by atoms with Crippen LogP contribution in [0.25, 0.3) is 22.2 Å². The first-order chi connectivity index (χ1) is 17.3. The summed E-state index contributed by atoms with van der Waals surface area (Å²) in [6.45, 7) is 0.582. The second-order valence-electron chi connectivity index (χ2n) is 8.43. The van der Waals surface area contributed by atoms with Gasteiger partial charge in [0.25, 0.3) is 5.91 Å². The van der Waals surface area contributed by atoms with Gasteiger partial charge in [-0.15, -0.1) is 0 Å². The third-order valence-electron chi connectivity index (χ3n) is 6.01. The van der Waals surface area contributed by atoms with Gasteiger partial charge in [-0.25, -0.2) is 4.39 Å². The molecule has 7 nitrogen and oxygen atoms in total. The number of amides is 1. The van der Waals surface area contributed by atoms with Crippen molar-refractivity contribution in [3.8, 4) is 11.3 Å². The molecule has 2 aromatic carbocycles. The fourth-order valence-electron chi connectivity index (χ4n) is 4.21. The summed E-state index contributed by atoms with van der Waals surface area (Å²) in [5.41, 5.74) is 1.53. The molecular weight excluding hydrogens is 478 g/mol. The Hall–Kier alpha value is -3.83. The number of H-pyrrole nitrogens is 1. The number of hydrogen-bond acceptors (Lipinski definition) is 5. The van der Waals surface area contributed by atoms with Gasteiger partial charge in [0, 0.05) is 54.2 Å². The zero-order valence-corrected chi connectivity index (χ0v) is 18.8. The first-order valence-corrected chi connectivity index (χ1v) is 11.2. The lowest BCUT2D eigenvalue weighted by Crippen LogP contribution is -2.47. The molecule has 3 heterocycles. The van der Waals surface area contributed by atoms with Gasteiger partial charge in [-0.05, 0) is 36.4 Å². The standard InChI is InChI=1S/C25H21F4N5O2/c26-22-16(2-1-3-19(22)25(27,28)29)13-34-10-11-36-21(14-34)24(35)31-17-4-5-20-18(12-17)23(33-32-20)15-6-8-30-9-7-15/h1-9,12,21H,10-11,13-14H2,(H,31,35)(H,32,33). The van der Waals surface area contributed by atoms with Crippen LogP contribution >= 0.6 is 0 Å². The molecule has 0 saturated carbocycles. The van der Waals surface area contributed by atoms with Crippen molar-refractivity contribution in [1.29, 1.82) is 0 Å². The minimum Gasteiger partial charge on any atom is -0.366 e. The molecule has 11 heteroatoms. The van der Waals surface area contributed by atoms with Crippen molar-refractivity contribution in [2.45, 2.75) is 18.8 Å². The smallest absolute Gasteiger partial charge is 0.366 e. The molecule has 4 aromatic rings. The number of rotatable bonds is 5. The summed E-state index contributed by atoms with van der Waals surface area (Å²) in [5.74, 6) is -1.70. The Morgan fingerprint density at radius 2 is 1.97 bits per heavy atom. The van der Waals surface area contributed by atoms with Crippen LogP contribution in [0.3, 0.4) is 0 Å². The minimum absolute atomic E-state index is 0.0703. The van der Waals surface area contributed by atoms with Crippen LogP contribution in [0, 0.1) is 5.82 Å². The lowest BCUT2D eigenvalue weighted by molar-refractivity contribution is -0.140. The molecule has 2 aromatic heterocycles. The zero-order chi connectivity index (χ0) is 25.3.